The molecule has 28 heavy (non-hydrogen) atoms. The van der Waals surface area contributed by atoms with Gasteiger partial charge in [-0.1, -0.05) is 18.2 Å². The number of benzene rings is 1. The highest BCUT2D eigenvalue weighted by molar-refractivity contribution is 5.94. The molecule has 0 amide bonds. The third-order valence-electron chi connectivity index (χ3n) is 4.69. The van der Waals surface area contributed by atoms with Crippen molar-refractivity contribution in [1.29, 1.82) is 5.41 Å². The lowest BCUT2D eigenvalue weighted by atomic mass is 10.1. The van der Waals surface area contributed by atoms with Gasteiger partial charge in [0.05, 0.1) is 6.10 Å². The van der Waals surface area contributed by atoms with Crippen molar-refractivity contribution in [2.75, 3.05) is 25.1 Å². The molecule has 8 nitrogen and oxygen atoms in total. The molecule has 3 N–H and O–H groups in total. The number of nitrogens with two attached hydrogens (primary N) is 1. The number of hydrogen-bond acceptors (Lipinski definition) is 7. The number of amidine groups is 1. The summed E-state index contributed by atoms with van der Waals surface area (Å²) in [5.74, 6) is 0.0119. The smallest absolute Gasteiger partial charge is 0.313 e. The molecule has 1 aliphatic heterocycles. The molecule has 0 aliphatic carbocycles. The standard InChI is InChI=1S/C20H25N5O3/c1-27-17-5-7-25(8-6-17)20-23-11-16(12-24-20)15-4-2-3-14(9-15)13-28-19(26)10-18(21)22/h2-4,9,11-12,17H,5-8,10,13H2,1H3,(H3,21,22). The summed E-state index contributed by atoms with van der Waals surface area (Å²) in [7, 11) is 1.75. The Bertz CT molecular complexity index is 817. The van der Waals surface area contributed by atoms with E-state index in [1.54, 1.807) is 7.11 Å². The van der Waals surface area contributed by atoms with E-state index in [9.17, 15) is 4.79 Å². The van der Waals surface area contributed by atoms with Crippen LogP contribution in [0, 0.1) is 5.41 Å². The zero-order valence-corrected chi connectivity index (χ0v) is 15.9. The highest BCUT2D eigenvalue weighted by Crippen LogP contribution is 2.22. The Morgan fingerprint density at radius 3 is 2.61 bits per heavy atom. The van der Waals surface area contributed by atoms with Crippen LogP contribution in [-0.4, -0.2) is 48.1 Å². The third-order valence-corrected chi connectivity index (χ3v) is 4.69. The second-order valence-corrected chi connectivity index (χ2v) is 6.76. The van der Waals surface area contributed by atoms with E-state index in [0.29, 0.717) is 6.10 Å². The van der Waals surface area contributed by atoms with Gasteiger partial charge in [-0.15, -0.1) is 0 Å². The number of nitrogens with one attached hydrogen (secondary N) is 1. The number of aromatic nitrogens is 2. The SMILES string of the molecule is COC1CCN(c2ncc(-c3cccc(COC(=O)CC(=N)N)c3)cn2)CC1. The molecule has 0 saturated carbocycles. The summed E-state index contributed by atoms with van der Waals surface area (Å²) >= 11 is 0. The van der Waals surface area contributed by atoms with Crippen LogP contribution in [0.25, 0.3) is 11.1 Å². The normalized spacial score (nSPS) is 14.7. The van der Waals surface area contributed by atoms with E-state index < -0.39 is 5.97 Å². The second kappa shape index (κ2) is 9.27. The first-order chi connectivity index (χ1) is 13.5. The Hall–Kier alpha value is -3.00. The number of esters is 1. The van der Waals surface area contributed by atoms with Crippen molar-refractivity contribution in [3.8, 4) is 11.1 Å². The summed E-state index contributed by atoms with van der Waals surface area (Å²) in [6.07, 6.45) is 5.70. The van der Waals surface area contributed by atoms with E-state index in [0.717, 1.165) is 48.6 Å². The van der Waals surface area contributed by atoms with E-state index >= 15 is 0 Å². The first-order valence-corrected chi connectivity index (χ1v) is 9.23. The van der Waals surface area contributed by atoms with Crippen LogP contribution in [0.2, 0.25) is 0 Å². The van der Waals surface area contributed by atoms with E-state index in [1.165, 1.54) is 0 Å². The molecule has 148 valence electrons. The molecular weight excluding hydrogens is 358 g/mol. The average Bonchev–Trinajstić information content (AvgIpc) is 2.72. The number of ether oxygens (including phenoxy) is 2. The molecule has 1 saturated heterocycles. The topological polar surface area (TPSA) is 114 Å². The molecule has 1 aromatic carbocycles. The van der Waals surface area contributed by atoms with Crippen LogP contribution in [0.1, 0.15) is 24.8 Å². The minimum absolute atomic E-state index is 0.132. The van der Waals surface area contributed by atoms with Crippen LogP contribution in [-0.2, 0) is 20.9 Å². The van der Waals surface area contributed by atoms with Gasteiger partial charge in [-0.2, -0.15) is 0 Å². The predicted octanol–water partition coefficient (Wildman–Crippen LogP) is 2.13. The Morgan fingerprint density at radius 1 is 1.25 bits per heavy atom. The lowest BCUT2D eigenvalue weighted by Gasteiger charge is -2.31. The van der Waals surface area contributed by atoms with Gasteiger partial charge in [0.1, 0.15) is 18.9 Å². The fourth-order valence-electron chi connectivity index (χ4n) is 3.14. The summed E-state index contributed by atoms with van der Waals surface area (Å²) in [5, 5.41) is 7.12. The zero-order chi connectivity index (χ0) is 19.9. The van der Waals surface area contributed by atoms with E-state index in [4.69, 9.17) is 20.6 Å². The first-order valence-electron chi connectivity index (χ1n) is 9.23. The zero-order valence-electron chi connectivity index (χ0n) is 15.9. The lowest BCUT2D eigenvalue weighted by molar-refractivity contribution is -0.143. The molecule has 2 aromatic rings. The monoisotopic (exact) mass is 383 g/mol. The lowest BCUT2D eigenvalue weighted by Crippen LogP contribution is -2.37. The molecule has 3 rings (SSSR count). The molecule has 2 heterocycles. The Kier molecular flexibility index (Phi) is 6.54. The van der Waals surface area contributed by atoms with Gasteiger partial charge in [0.25, 0.3) is 0 Å². The predicted molar refractivity (Wildman–Crippen MR) is 106 cm³/mol. The number of hydrogen-bond donors (Lipinski definition) is 2. The highest BCUT2D eigenvalue weighted by atomic mass is 16.5. The maximum absolute atomic E-state index is 11.5. The number of methoxy groups -OCH3 is 1. The van der Waals surface area contributed by atoms with Crippen molar-refractivity contribution >= 4 is 17.8 Å². The number of rotatable bonds is 7. The van der Waals surface area contributed by atoms with Gasteiger partial charge < -0.3 is 20.1 Å². The molecule has 0 radical (unpaired) electrons. The molecule has 0 unspecified atom stereocenters. The molecule has 1 fully saturated rings. The maximum atomic E-state index is 11.5. The summed E-state index contributed by atoms with van der Waals surface area (Å²) in [5.41, 5.74) is 7.89. The summed E-state index contributed by atoms with van der Waals surface area (Å²) in [4.78, 5) is 22.7. The fourth-order valence-corrected chi connectivity index (χ4v) is 3.14. The Balaban J connectivity index is 1.62. The summed E-state index contributed by atoms with van der Waals surface area (Å²) < 4.78 is 10.5. The van der Waals surface area contributed by atoms with E-state index in [1.807, 2.05) is 36.7 Å². The Morgan fingerprint density at radius 2 is 1.96 bits per heavy atom. The van der Waals surface area contributed by atoms with Gasteiger partial charge in [0.2, 0.25) is 5.95 Å². The van der Waals surface area contributed by atoms with Crippen LogP contribution >= 0.6 is 0 Å². The number of carbonyl (C=O) groups excluding carboxylic acids is 1. The summed E-state index contributed by atoms with van der Waals surface area (Å²) in [6, 6.07) is 7.67. The van der Waals surface area contributed by atoms with Gasteiger partial charge in [-0.05, 0) is 30.0 Å². The molecule has 1 aliphatic rings. The van der Waals surface area contributed by atoms with Crippen molar-refractivity contribution in [3.05, 3.63) is 42.2 Å². The minimum atomic E-state index is -0.511. The Labute approximate surface area is 164 Å². The van der Waals surface area contributed by atoms with Gasteiger partial charge in [-0.3, -0.25) is 10.2 Å². The number of carbonyl (C=O) groups is 1. The van der Waals surface area contributed by atoms with E-state index in [2.05, 4.69) is 14.9 Å². The van der Waals surface area contributed by atoms with Gasteiger partial charge >= 0.3 is 5.97 Å². The van der Waals surface area contributed by atoms with Crippen LogP contribution in [0.4, 0.5) is 5.95 Å². The molecular formula is C20H25N5O3. The summed E-state index contributed by atoms with van der Waals surface area (Å²) in [6.45, 7) is 1.91. The van der Waals surface area contributed by atoms with Crippen LogP contribution in [0.3, 0.4) is 0 Å². The highest BCUT2D eigenvalue weighted by Gasteiger charge is 2.20. The molecule has 0 bridgehead atoms. The molecule has 0 atom stereocenters. The quantitative estimate of drug-likeness (QED) is 0.427. The van der Waals surface area contributed by atoms with Crippen molar-refractivity contribution < 1.29 is 14.3 Å². The number of anilines is 1. The molecule has 1 aromatic heterocycles. The van der Waals surface area contributed by atoms with Crippen LogP contribution in [0.5, 0.6) is 0 Å². The van der Waals surface area contributed by atoms with Gasteiger partial charge in [-0.25, -0.2) is 9.97 Å². The van der Waals surface area contributed by atoms with Crippen LogP contribution < -0.4 is 10.6 Å². The maximum Gasteiger partial charge on any atom is 0.313 e. The number of nitrogens with zero attached hydrogens (tertiary/aromatic N) is 3. The molecule has 8 heteroatoms. The average molecular weight is 383 g/mol. The van der Waals surface area contributed by atoms with Crippen molar-refractivity contribution in [3.63, 3.8) is 0 Å². The number of piperidine rings is 1. The fraction of sp³-hybridized carbons (Fsp3) is 0.400. The van der Waals surface area contributed by atoms with Crippen molar-refractivity contribution in [2.24, 2.45) is 5.73 Å². The van der Waals surface area contributed by atoms with Crippen molar-refractivity contribution in [2.45, 2.75) is 32.0 Å². The molecule has 0 spiro atoms. The van der Waals surface area contributed by atoms with Gasteiger partial charge in [0, 0.05) is 38.2 Å². The first kappa shape index (κ1) is 19.8. The minimum Gasteiger partial charge on any atom is -0.460 e. The second-order valence-electron chi connectivity index (χ2n) is 6.76. The van der Waals surface area contributed by atoms with E-state index in [-0.39, 0.29) is 18.9 Å². The van der Waals surface area contributed by atoms with Gasteiger partial charge in [0.15, 0.2) is 0 Å². The largest absolute Gasteiger partial charge is 0.460 e. The third kappa shape index (κ3) is 5.26. The van der Waals surface area contributed by atoms with Crippen molar-refractivity contribution in [1.82, 2.24) is 9.97 Å². The van der Waals surface area contributed by atoms with Crippen LogP contribution in [0.15, 0.2) is 36.7 Å².